The maximum absolute atomic E-state index is 11.1. The number of nitrogens with zero attached hydrogens (tertiary/aromatic N) is 2. The summed E-state index contributed by atoms with van der Waals surface area (Å²) in [7, 11) is 0. The zero-order chi connectivity index (χ0) is 8.65. The summed E-state index contributed by atoms with van der Waals surface area (Å²) < 4.78 is 0.693. The second kappa shape index (κ2) is 2.22. The third-order valence-electron chi connectivity index (χ3n) is 2.01. The van der Waals surface area contributed by atoms with Crippen LogP contribution >= 0.6 is 0 Å². The molecule has 0 fully saturated rings. The minimum absolute atomic E-state index is 0.201. The van der Waals surface area contributed by atoms with Crippen molar-refractivity contribution in [3.05, 3.63) is 5.21 Å². The number of carbonyl (C=O) groups is 1. The third kappa shape index (κ3) is 0.982. The fourth-order valence-electron chi connectivity index (χ4n) is 1.26. The minimum Gasteiger partial charge on any atom is -0.622 e. The van der Waals surface area contributed by atoms with Gasteiger partial charge in [-0.3, -0.25) is 9.69 Å². The predicted molar refractivity (Wildman–Crippen MR) is 41.2 cm³/mol. The zero-order valence-corrected chi connectivity index (χ0v) is 7.00. The highest BCUT2D eigenvalue weighted by molar-refractivity contribution is 6.25. The van der Waals surface area contributed by atoms with Gasteiger partial charge in [0.2, 0.25) is 11.9 Å². The molecule has 1 aliphatic rings. The molecule has 0 saturated carbocycles. The van der Waals surface area contributed by atoms with Crippen LogP contribution in [0, 0.1) is 5.21 Å². The largest absolute Gasteiger partial charge is 0.622 e. The lowest BCUT2D eigenvalue weighted by atomic mass is 10.2. The minimum atomic E-state index is -0.703. The monoisotopic (exact) mass is 156 g/mol. The number of carbonyl (C=O) groups excluding carboxylic acids is 1. The summed E-state index contributed by atoms with van der Waals surface area (Å²) in [5.41, 5.74) is -0.703. The molecule has 0 aromatic carbocycles. The Kier molecular flexibility index (Phi) is 1.62. The van der Waals surface area contributed by atoms with Crippen LogP contribution < -0.4 is 0 Å². The van der Waals surface area contributed by atoms with E-state index >= 15 is 0 Å². The zero-order valence-electron chi connectivity index (χ0n) is 7.00. The summed E-state index contributed by atoms with van der Waals surface area (Å²) in [6, 6.07) is 0. The number of hydroxylamine groups is 1. The van der Waals surface area contributed by atoms with E-state index in [2.05, 4.69) is 0 Å². The molecule has 1 aliphatic heterocycles. The molecule has 0 unspecified atom stereocenters. The predicted octanol–water partition coefficient (Wildman–Crippen LogP) is 0.166. The maximum atomic E-state index is 11.1. The molecule has 62 valence electrons. The van der Waals surface area contributed by atoms with E-state index in [1.807, 2.05) is 6.92 Å². The van der Waals surface area contributed by atoms with Gasteiger partial charge in [-0.25, -0.2) is 0 Å². The highest BCUT2D eigenvalue weighted by Crippen LogP contribution is 2.18. The van der Waals surface area contributed by atoms with Gasteiger partial charge in [-0.1, -0.05) is 0 Å². The highest BCUT2D eigenvalue weighted by Gasteiger charge is 2.43. The van der Waals surface area contributed by atoms with Gasteiger partial charge in [-0.15, -0.1) is 0 Å². The lowest BCUT2D eigenvalue weighted by molar-refractivity contribution is -0.553. The van der Waals surface area contributed by atoms with E-state index in [1.54, 1.807) is 13.8 Å². The molecule has 4 nitrogen and oxygen atoms in total. The number of hydrogen-bond donors (Lipinski definition) is 0. The van der Waals surface area contributed by atoms with Gasteiger partial charge in [0.05, 0.1) is 0 Å². The summed E-state index contributed by atoms with van der Waals surface area (Å²) in [6.45, 7) is 5.88. The molecule has 1 amide bonds. The molecule has 0 aromatic heterocycles. The van der Waals surface area contributed by atoms with Crippen molar-refractivity contribution in [1.29, 1.82) is 0 Å². The first kappa shape index (κ1) is 8.04. The Labute approximate surface area is 65.7 Å². The normalized spacial score (nSPS) is 22.3. The molecule has 0 N–H and O–H groups in total. The standard InChI is InChI=1S/C7H12N2O2/c1-4-8-6(10)5-9(11)7(8,2)3/h5H,4H2,1-3H3. The summed E-state index contributed by atoms with van der Waals surface area (Å²) in [5, 5.41) is 11.1. The van der Waals surface area contributed by atoms with Crippen molar-refractivity contribution in [1.82, 2.24) is 4.90 Å². The molecule has 1 rings (SSSR count). The summed E-state index contributed by atoms with van der Waals surface area (Å²) in [6.07, 6.45) is 1.09. The quantitative estimate of drug-likeness (QED) is 0.401. The molecule has 0 aromatic rings. The Morgan fingerprint density at radius 3 is 2.45 bits per heavy atom. The molecular formula is C7H12N2O2. The maximum Gasteiger partial charge on any atom is 0.316 e. The lowest BCUT2D eigenvalue weighted by Gasteiger charge is -2.27. The van der Waals surface area contributed by atoms with Gasteiger partial charge >= 0.3 is 5.91 Å². The molecule has 0 aliphatic carbocycles. The summed E-state index contributed by atoms with van der Waals surface area (Å²) >= 11 is 0. The molecule has 0 bridgehead atoms. The van der Waals surface area contributed by atoms with Crippen LogP contribution in [0.2, 0.25) is 0 Å². The van der Waals surface area contributed by atoms with Crippen LogP contribution in [0.3, 0.4) is 0 Å². The number of amides is 1. The van der Waals surface area contributed by atoms with Crippen molar-refractivity contribution in [2.75, 3.05) is 6.54 Å². The van der Waals surface area contributed by atoms with Gasteiger partial charge in [-0.05, 0) is 6.92 Å². The Hall–Kier alpha value is -1.06. The van der Waals surface area contributed by atoms with Crippen molar-refractivity contribution in [2.24, 2.45) is 0 Å². The van der Waals surface area contributed by atoms with Crippen LogP contribution in [0.15, 0.2) is 0 Å². The van der Waals surface area contributed by atoms with E-state index < -0.39 is 5.66 Å². The van der Waals surface area contributed by atoms with E-state index in [1.165, 1.54) is 4.90 Å². The number of hydrogen-bond acceptors (Lipinski definition) is 2. The highest BCUT2D eigenvalue weighted by atomic mass is 16.5. The Morgan fingerprint density at radius 1 is 1.73 bits per heavy atom. The second-order valence-electron chi connectivity index (χ2n) is 3.03. The topological polar surface area (TPSA) is 46.4 Å². The SMILES string of the molecule is CCN1C(=O)C=[N+]([O-])C1(C)C. The second-order valence-corrected chi connectivity index (χ2v) is 3.03. The van der Waals surface area contributed by atoms with Gasteiger partial charge in [0.1, 0.15) is 0 Å². The molecule has 11 heavy (non-hydrogen) atoms. The Morgan fingerprint density at radius 2 is 2.27 bits per heavy atom. The first-order chi connectivity index (χ1) is 5.00. The summed E-state index contributed by atoms with van der Waals surface area (Å²) in [4.78, 5) is 12.6. The van der Waals surface area contributed by atoms with E-state index in [0.717, 1.165) is 6.21 Å². The lowest BCUT2D eigenvalue weighted by Crippen LogP contribution is -2.46. The van der Waals surface area contributed by atoms with E-state index in [-0.39, 0.29) is 5.91 Å². The van der Waals surface area contributed by atoms with Crippen LogP contribution in [0.5, 0.6) is 0 Å². The van der Waals surface area contributed by atoms with E-state index in [4.69, 9.17) is 0 Å². The van der Waals surface area contributed by atoms with Crippen molar-refractivity contribution in [3.63, 3.8) is 0 Å². The van der Waals surface area contributed by atoms with Gasteiger partial charge in [0.25, 0.3) is 0 Å². The van der Waals surface area contributed by atoms with Crippen LogP contribution in [-0.2, 0) is 4.79 Å². The number of rotatable bonds is 1. The van der Waals surface area contributed by atoms with E-state index in [0.29, 0.717) is 11.3 Å². The van der Waals surface area contributed by atoms with Crippen LogP contribution in [0.25, 0.3) is 0 Å². The third-order valence-corrected chi connectivity index (χ3v) is 2.01. The van der Waals surface area contributed by atoms with Gasteiger partial charge in [-0.2, -0.15) is 4.74 Å². The van der Waals surface area contributed by atoms with Crippen molar-refractivity contribution in [2.45, 2.75) is 26.4 Å². The molecule has 0 atom stereocenters. The molecule has 4 heteroatoms. The van der Waals surface area contributed by atoms with Crippen molar-refractivity contribution in [3.8, 4) is 0 Å². The van der Waals surface area contributed by atoms with Crippen LogP contribution in [0.1, 0.15) is 20.8 Å². The molecule has 0 saturated heterocycles. The Balaban J connectivity index is 2.96. The fraction of sp³-hybridized carbons (Fsp3) is 0.714. The molecule has 1 heterocycles. The van der Waals surface area contributed by atoms with Gasteiger partial charge in [0.15, 0.2) is 0 Å². The molecule has 0 radical (unpaired) electrons. The van der Waals surface area contributed by atoms with Crippen LogP contribution in [-0.4, -0.2) is 34.0 Å². The van der Waals surface area contributed by atoms with Crippen molar-refractivity contribution < 1.29 is 9.53 Å². The van der Waals surface area contributed by atoms with Gasteiger partial charge < -0.3 is 5.21 Å². The first-order valence-electron chi connectivity index (χ1n) is 3.63. The first-order valence-corrected chi connectivity index (χ1v) is 3.63. The van der Waals surface area contributed by atoms with Crippen molar-refractivity contribution >= 4 is 12.1 Å². The van der Waals surface area contributed by atoms with E-state index in [9.17, 15) is 10.0 Å². The molecule has 0 spiro atoms. The fourth-order valence-corrected chi connectivity index (χ4v) is 1.26. The Bertz CT molecular complexity index is 220. The summed E-state index contributed by atoms with van der Waals surface area (Å²) in [5.74, 6) is -0.201. The average Bonchev–Trinajstić information content (AvgIpc) is 2.04. The smallest absolute Gasteiger partial charge is 0.316 e. The molecular weight excluding hydrogens is 144 g/mol. The van der Waals surface area contributed by atoms with Crippen LogP contribution in [0.4, 0.5) is 0 Å². The van der Waals surface area contributed by atoms with Gasteiger partial charge in [0, 0.05) is 20.4 Å². The average molecular weight is 156 g/mol.